The average molecular weight is 725 g/mol. The van der Waals surface area contributed by atoms with E-state index in [1.54, 1.807) is 11.3 Å². The molecule has 0 amide bonds. The van der Waals surface area contributed by atoms with Crippen molar-refractivity contribution in [3.8, 4) is 67.5 Å². The summed E-state index contributed by atoms with van der Waals surface area (Å²) >= 11 is 1.70. The van der Waals surface area contributed by atoms with Crippen LogP contribution in [0.2, 0.25) is 0 Å². The van der Waals surface area contributed by atoms with Crippen molar-refractivity contribution in [1.82, 2.24) is 19.9 Å². The van der Waals surface area contributed by atoms with Crippen molar-refractivity contribution < 1.29 is 4.42 Å². The first-order valence-corrected chi connectivity index (χ1v) is 19.3. The molecule has 7 aromatic carbocycles. The molecule has 1 aliphatic carbocycles. The lowest BCUT2D eigenvalue weighted by molar-refractivity contribution is 0.661. The third-order valence-corrected chi connectivity index (χ3v) is 11.9. The first-order chi connectivity index (χ1) is 27.0. The number of benzene rings is 7. The van der Waals surface area contributed by atoms with E-state index in [9.17, 15) is 0 Å². The van der Waals surface area contributed by atoms with E-state index in [1.807, 2.05) is 66.2 Å². The number of hydrogen-bond acceptors (Lipinski definition) is 6. The van der Waals surface area contributed by atoms with E-state index >= 15 is 0 Å². The second kappa shape index (κ2) is 12.1. The molecule has 10 aromatic rings. The highest BCUT2D eigenvalue weighted by Gasteiger charge is 2.36. The highest BCUT2D eigenvalue weighted by atomic mass is 32.1. The molecule has 1 aliphatic rings. The topological polar surface area (TPSA) is 64.7 Å². The van der Waals surface area contributed by atoms with E-state index in [2.05, 4.69) is 110 Å². The normalized spacial score (nSPS) is 13.1. The summed E-state index contributed by atoms with van der Waals surface area (Å²) < 4.78 is 8.18. The van der Waals surface area contributed by atoms with Gasteiger partial charge in [-0.2, -0.15) is 0 Å². The Morgan fingerprint density at radius 2 is 1.00 bits per heavy atom. The van der Waals surface area contributed by atoms with Gasteiger partial charge in [-0.3, -0.25) is 0 Å². The van der Waals surface area contributed by atoms with Crippen LogP contribution < -0.4 is 0 Å². The fourth-order valence-electron chi connectivity index (χ4n) is 8.29. The Morgan fingerprint density at radius 1 is 0.455 bits per heavy atom. The van der Waals surface area contributed by atoms with Gasteiger partial charge in [-0.15, -0.1) is 11.3 Å². The molecule has 0 bridgehead atoms. The predicted molar refractivity (Wildman–Crippen MR) is 225 cm³/mol. The molecule has 0 aliphatic heterocycles. The van der Waals surface area contributed by atoms with Crippen LogP contribution in [0, 0.1) is 0 Å². The molecule has 0 unspecified atom stereocenters. The molecule has 5 nitrogen and oxygen atoms in total. The Morgan fingerprint density at radius 3 is 1.65 bits per heavy atom. The van der Waals surface area contributed by atoms with E-state index < -0.39 is 0 Å². The molecular formula is C49H32N4OS. The highest BCUT2D eigenvalue weighted by Crippen LogP contribution is 2.51. The van der Waals surface area contributed by atoms with Crippen LogP contribution in [-0.2, 0) is 5.41 Å². The molecule has 11 rings (SSSR count). The van der Waals surface area contributed by atoms with Crippen molar-refractivity contribution in [2.75, 3.05) is 0 Å². The second-order valence-electron chi connectivity index (χ2n) is 14.7. The summed E-state index contributed by atoms with van der Waals surface area (Å²) in [6.45, 7) is 4.66. The maximum absolute atomic E-state index is 6.95. The van der Waals surface area contributed by atoms with Gasteiger partial charge in [0.1, 0.15) is 11.2 Å². The molecule has 3 aromatic heterocycles. The standard InChI is InChI=1S/C49H32N4OS/c1-49(2)40-25-32(22-23-36(40)39-26-42-43(27-41(39)49)55-28-50-42)35-19-11-21-38-37-20-10-18-34(44(37)54-45(35)38)31-16-9-17-33(24-31)48-52-46(29-12-5-3-6-13-29)51-47(53-48)30-14-7-4-8-15-30/h3-28H,1-2H3. The number of furan rings is 1. The molecule has 6 heteroatoms. The zero-order valence-electron chi connectivity index (χ0n) is 30.1. The third-order valence-electron chi connectivity index (χ3n) is 11.1. The van der Waals surface area contributed by atoms with Crippen LogP contribution in [0.5, 0.6) is 0 Å². The highest BCUT2D eigenvalue weighted by molar-refractivity contribution is 7.16. The largest absolute Gasteiger partial charge is 0.455 e. The van der Waals surface area contributed by atoms with Gasteiger partial charge in [-0.1, -0.05) is 141 Å². The molecule has 0 spiro atoms. The SMILES string of the molecule is CC1(C)c2cc(-c3cccc4c3oc3c(-c5cccc(-c6nc(-c7ccccc7)nc(-c7ccccc7)n6)c5)cccc34)ccc2-c2cc3ncsc3cc21. The molecule has 55 heavy (non-hydrogen) atoms. The van der Waals surface area contributed by atoms with Gasteiger partial charge < -0.3 is 4.42 Å². The van der Waals surface area contributed by atoms with Crippen LogP contribution >= 0.6 is 11.3 Å². The average Bonchev–Trinajstić information content (AvgIpc) is 3.93. The van der Waals surface area contributed by atoms with Gasteiger partial charge in [0, 0.05) is 44.0 Å². The molecule has 0 saturated carbocycles. The third kappa shape index (κ3) is 5.06. The summed E-state index contributed by atoms with van der Waals surface area (Å²) in [5.74, 6) is 1.89. The van der Waals surface area contributed by atoms with Crippen molar-refractivity contribution in [3.63, 3.8) is 0 Å². The van der Waals surface area contributed by atoms with E-state index in [4.69, 9.17) is 19.4 Å². The van der Waals surface area contributed by atoms with Crippen LogP contribution in [0.15, 0.2) is 162 Å². The smallest absolute Gasteiger partial charge is 0.164 e. The Hall–Kier alpha value is -6.76. The van der Waals surface area contributed by atoms with Gasteiger partial charge in [0.2, 0.25) is 0 Å². The van der Waals surface area contributed by atoms with E-state index in [-0.39, 0.29) is 5.41 Å². The number of para-hydroxylation sites is 2. The van der Waals surface area contributed by atoms with Crippen LogP contribution in [-0.4, -0.2) is 19.9 Å². The molecule has 260 valence electrons. The van der Waals surface area contributed by atoms with Gasteiger partial charge in [0.25, 0.3) is 0 Å². The van der Waals surface area contributed by atoms with Gasteiger partial charge in [0.05, 0.1) is 15.7 Å². The molecule has 0 saturated heterocycles. The number of thiazole rings is 1. The molecular weight excluding hydrogens is 693 g/mol. The Labute approximate surface area is 321 Å². The molecule has 0 atom stereocenters. The number of nitrogens with zero attached hydrogens (tertiary/aromatic N) is 4. The van der Waals surface area contributed by atoms with E-state index in [0.29, 0.717) is 17.5 Å². The number of fused-ring (bicyclic) bond motifs is 7. The van der Waals surface area contributed by atoms with Crippen molar-refractivity contribution in [1.29, 1.82) is 0 Å². The zero-order chi connectivity index (χ0) is 36.7. The van der Waals surface area contributed by atoms with Gasteiger partial charge >= 0.3 is 0 Å². The predicted octanol–water partition coefficient (Wildman–Crippen LogP) is 13.0. The lowest BCUT2D eigenvalue weighted by Crippen LogP contribution is -2.15. The first-order valence-electron chi connectivity index (χ1n) is 18.4. The lowest BCUT2D eigenvalue weighted by atomic mass is 9.81. The summed E-state index contributed by atoms with van der Waals surface area (Å²) in [6, 6.07) is 52.9. The first kappa shape index (κ1) is 31.7. The van der Waals surface area contributed by atoms with Gasteiger partial charge in [0.15, 0.2) is 17.5 Å². The quantitative estimate of drug-likeness (QED) is 0.177. The minimum Gasteiger partial charge on any atom is -0.455 e. The number of rotatable bonds is 5. The van der Waals surface area contributed by atoms with E-state index in [1.165, 1.54) is 27.0 Å². The van der Waals surface area contributed by atoms with Crippen molar-refractivity contribution >= 4 is 43.5 Å². The Bertz CT molecular complexity index is 3070. The van der Waals surface area contributed by atoms with Gasteiger partial charge in [-0.05, 0) is 57.6 Å². The van der Waals surface area contributed by atoms with Crippen LogP contribution in [0.4, 0.5) is 0 Å². The summed E-state index contributed by atoms with van der Waals surface area (Å²) in [5, 5.41) is 2.18. The van der Waals surface area contributed by atoms with Crippen LogP contribution in [0.1, 0.15) is 25.0 Å². The minimum atomic E-state index is -0.138. The fraction of sp³-hybridized carbons (Fsp3) is 0.0612. The summed E-state index contributed by atoms with van der Waals surface area (Å²) in [7, 11) is 0. The monoisotopic (exact) mass is 724 g/mol. The molecule has 3 heterocycles. The van der Waals surface area contributed by atoms with Crippen molar-refractivity contribution in [2.45, 2.75) is 19.3 Å². The summed E-state index contributed by atoms with van der Waals surface area (Å²) in [6.07, 6.45) is 0. The Balaban J connectivity index is 1.03. The fourth-order valence-corrected chi connectivity index (χ4v) is 8.99. The minimum absolute atomic E-state index is 0.138. The molecule has 0 radical (unpaired) electrons. The van der Waals surface area contributed by atoms with Crippen molar-refractivity contribution in [2.24, 2.45) is 0 Å². The summed E-state index contributed by atoms with van der Waals surface area (Å²) in [5.41, 5.74) is 16.9. The maximum atomic E-state index is 6.95. The van der Waals surface area contributed by atoms with Gasteiger partial charge in [-0.25, -0.2) is 19.9 Å². The van der Waals surface area contributed by atoms with Crippen LogP contribution in [0.25, 0.3) is 99.7 Å². The maximum Gasteiger partial charge on any atom is 0.164 e. The Kier molecular flexibility index (Phi) is 7.00. The van der Waals surface area contributed by atoms with E-state index in [0.717, 1.165) is 66.4 Å². The van der Waals surface area contributed by atoms with Crippen molar-refractivity contribution in [3.05, 3.63) is 168 Å². The number of aromatic nitrogens is 4. The second-order valence-corrected chi connectivity index (χ2v) is 15.6. The summed E-state index contributed by atoms with van der Waals surface area (Å²) in [4.78, 5) is 19.5. The lowest BCUT2D eigenvalue weighted by Gasteiger charge is -2.22. The van der Waals surface area contributed by atoms with Crippen LogP contribution in [0.3, 0.4) is 0 Å². The molecule has 0 N–H and O–H groups in total. The number of hydrogen-bond donors (Lipinski definition) is 0. The zero-order valence-corrected chi connectivity index (χ0v) is 30.9. The molecule has 0 fully saturated rings.